The van der Waals surface area contributed by atoms with Gasteiger partial charge in [-0.2, -0.15) is 4.31 Å². The van der Waals surface area contributed by atoms with Gasteiger partial charge in [-0.1, -0.05) is 12.1 Å². The summed E-state index contributed by atoms with van der Waals surface area (Å²) in [6, 6.07) is 5.45. The molecule has 1 amide bonds. The number of piperazine rings is 1. The zero-order valence-corrected chi connectivity index (χ0v) is 16.8. The zero-order valence-electron chi connectivity index (χ0n) is 16.0. The van der Waals surface area contributed by atoms with E-state index in [1.807, 2.05) is 37.8 Å². The van der Waals surface area contributed by atoms with Crippen LogP contribution in [0.3, 0.4) is 0 Å². The second-order valence-corrected chi connectivity index (χ2v) is 9.49. The number of aryl methyl sites for hydroxylation is 2. The number of rotatable bonds is 4. The van der Waals surface area contributed by atoms with Gasteiger partial charge >= 0.3 is 0 Å². The van der Waals surface area contributed by atoms with Crippen LogP contribution in [0.25, 0.3) is 0 Å². The van der Waals surface area contributed by atoms with Gasteiger partial charge in [0.05, 0.1) is 31.1 Å². The molecule has 1 aromatic rings. The maximum absolute atomic E-state index is 13.0. The van der Waals surface area contributed by atoms with Gasteiger partial charge < -0.3 is 9.80 Å². The highest BCUT2D eigenvalue weighted by Crippen LogP contribution is 2.21. The van der Waals surface area contributed by atoms with E-state index in [0.29, 0.717) is 31.1 Å². The summed E-state index contributed by atoms with van der Waals surface area (Å²) < 4.78 is 27.6. The van der Waals surface area contributed by atoms with Crippen molar-refractivity contribution in [2.45, 2.75) is 44.6 Å². The zero-order chi connectivity index (χ0) is 18.9. The molecule has 0 aliphatic carbocycles. The minimum Gasteiger partial charge on any atom is -0.338 e. The predicted octanol–water partition coefficient (Wildman–Crippen LogP) is 0.204. The van der Waals surface area contributed by atoms with Gasteiger partial charge in [0.25, 0.3) is 5.91 Å². The quantitative estimate of drug-likeness (QED) is 0.812. The molecule has 2 aliphatic heterocycles. The number of sulfonamides is 1. The maximum Gasteiger partial charge on any atom is 0.280 e. The number of hydrogen-bond acceptors (Lipinski definition) is 3. The molecule has 0 aromatic heterocycles. The SMILES string of the molecule is Cc1ccc(C)c(S(=O)(=O)N2CC[NH+]([C@@H](C)C(=O)N3CCCC3)CC2)c1. The molecule has 1 aromatic carbocycles. The van der Waals surface area contributed by atoms with Gasteiger partial charge in [0.15, 0.2) is 6.04 Å². The molecule has 2 fully saturated rings. The van der Waals surface area contributed by atoms with Crippen molar-refractivity contribution in [1.29, 1.82) is 0 Å². The van der Waals surface area contributed by atoms with E-state index in [9.17, 15) is 13.2 Å². The Morgan fingerprint density at radius 1 is 1.08 bits per heavy atom. The summed E-state index contributed by atoms with van der Waals surface area (Å²) in [5, 5.41) is 0. The third-order valence-electron chi connectivity index (χ3n) is 5.73. The van der Waals surface area contributed by atoms with Crippen LogP contribution in [-0.4, -0.2) is 68.8 Å². The number of likely N-dealkylation sites (tertiary alicyclic amines) is 1. The van der Waals surface area contributed by atoms with Crippen molar-refractivity contribution < 1.29 is 18.1 Å². The molecule has 2 saturated heterocycles. The number of hydrogen-bond donors (Lipinski definition) is 1. The van der Waals surface area contributed by atoms with E-state index in [2.05, 4.69) is 0 Å². The molecule has 0 saturated carbocycles. The van der Waals surface area contributed by atoms with Crippen molar-refractivity contribution in [1.82, 2.24) is 9.21 Å². The topological polar surface area (TPSA) is 62.1 Å². The van der Waals surface area contributed by atoms with Gasteiger partial charge in [0, 0.05) is 13.1 Å². The molecule has 3 rings (SSSR count). The number of carbonyl (C=O) groups is 1. The Morgan fingerprint density at radius 3 is 2.31 bits per heavy atom. The minimum absolute atomic E-state index is 0.0985. The van der Waals surface area contributed by atoms with Crippen molar-refractivity contribution in [3.05, 3.63) is 29.3 Å². The highest BCUT2D eigenvalue weighted by Gasteiger charge is 2.36. The van der Waals surface area contributed by atoms with Crippen LogP contribution in [0.4, 0.5) is 0 Å². The highest BCUT2D eigenvalue weighted by molar-refractivity contribution is 7.89. The molecule has 0 bridgehead atoms. The van der Waals surface area contributed by atoms with Crippen LogP contribution >= 0.6 is 0 Å². The molecular formula is C19H30N3O3S+. The molecule has 144 valence electrons. The Balaban J connectivity index is 1.66. The lowest BCUT2D eigenvalue weighted by Gasteiger charge is -2.35. The molecule has 1 N–H and O–H groups in total. The summed E-state index contributed by atoms with van der Waals surface area (Å²) in [6.07, 6.45) is 2.19. The second kappa shape index (κ2) is 7.66. The average Bonchev–Trinajstić information content (AvgIpc) is 3.17. The predicted molar refractivity (Wildman–Crippen MR) is 101 cm³/mol. The number of quaternary nitrogens is 1. The smallest absolute Gasteiger partial charge is 0.280 e. The molecular weight excluding hydrogens is 350 g/mol. The summed E-state index contributed by atoms with van der Waals surface area (Å²) in [7, 11) is -3.48. The Kier molecular flexibility index (Phi) is 5.69. The molecule has 7 heteroatoms. The molecule has 6 nitrogen and oxygen atoms in total. The number of benzene rings is 1. The average molecular weight is 381 g/mol. The van der Waals surface area contributed by atoms with Crippen molar-refractivity contribution in [3.8, 4) is 0 Å². The fourth-order valence-corrected chi connectivity index (χ4v) is 5.71. The molecule has 2 heterocycles. The van der Waals surface area contributed by atoms with Crippen LogP contribution in [0.1, 0.15) is 30.9 Å². The highest BCUT2D eigenvalue weighted by atomic mass is 32.2. The largest absolute Gasteiger partial charge is 0.338 e. The van der Waals surface area contributed by atoms with Crippen molar-refractivity contribution in [2.24, 2.45) is 0 Å². The number of amides is 1. The molecule has 1 atom stereocenters. The summed E-state index contributed by atoms with van der Waals surface area (Å²) >= 11 is 0. The summed E-state index contributed by atoms with van der Waals surface area (Å²) in [5.41, 5.74) is 1.73. The lowest BCUT2D eigenvalue weighted by Crippen LogP contribution is -3.19. The van der Waals surface area contributed by atoms with Gasteiger partial charge in [-0.25, -0.2) is 8.42 Å². The molecule has 26 heavy (non-hydrogen) atoms. The van der Waals surface area contributed by atoms with E-state index in [1.165, 1.54) is 4.90 Å². The summed E-state index contributed by atoms with van der Waals surface area (Å²) in [4.78, 5) is 16.1. The van der Waals surface area contributed by atoms with Crippen molar-refractivity contribution in [3.63, 3.8) is 0 Å². The van der Waals surface area contributed by atoms with Gasteiger partial charge in [-0.05, 0) is 50.8 Å². The van der Waals surface area contributed by atoms with E-state index in [-0.39, 0.29) is 11.9 Å². The van der Waals surface area contributed by atoms with Crippen LogP contribution in [0, 0.1) is 13.8 Å². The Labute approximate surface area is 156 Å². The Hall–Kier alpha value is -1.44. The van der Waals surface area contributed by atoms with Crippen LogP contribution < -0.4 is 4.90 Å². The van der Waals surface area contributed by atoms with Gasteiger partial charge in [0.2, 0.25) is 10.0 Å². The number of nitrogens with zero attached hydrogens (tertiary/aromatic N) is 2. The van der Waals surface area contributed by atoms with E-state index in [1.54, 1.807) is 10.4 Å². The fourth-order valence-electron chi connectivity index (χ4n) is 3.96. The fraction of sp³-hybridized carbons (Fsp3) is 0.632. The van der Waals surface area contributed by atoms with Crippen molar-refractivity contribution in [2.75, 3.05) is 39.3 Å². The molecule has 0 radical (unpaired) electrons. The minimum atomic E-state index is -3.48. The van der Waals surface area contributed by atoms with E-state index in [4.69, 9.17) is 0 Å². The Bertz CT molecular complexity index is 764. The number of nitrogens with one attached hydrogen (secondary N) is 1. The summed E-state index contributed by atoms with van der Waals surface area (Å²) in [5.74, 6) is 0.211. The van der Waals surface area contributed by atoms with Gasteiger partial charge in [-0.3, -0.25) is 4.79 Å². The van der Waals surface area contributed by atoms with Crippen LogP contribution in [0.5, 0.6) is 0 Å². The third-order valence-corrected chi connectivity index (χ3v) is 7.77. The molecule has 0 spiro atoms. The first-order valence-electron chi connectivity index (χ1n) is 9.51. The van der Waals surface area contributed by atoms with Gasteiger partial charge in [0.1, 0.15) is 0 Å². The van der Waals surface area contributed by atoms with E-state index < -0.39 is 10.0 Å². The first-order valence-corrected chi connectivity index (χ1v) is 11.0. The second-order valence-electron chi connectivity index (χ2n) is 7.59. The van der Waals surface area contributed by atoms with Crippen LogP contribution in [-0.2, 0) is 14.8 Å². The molecule has 2 aliphatic rings. The summed E-state index contributed by atoms with van der Waals surface area (Å²) in [6.45, 7) is 9.72. The number of carbonyl (C=O) groups excluding carboxylic acids is 1. The van der Waals surface area contributed by atoms with Gasteiger partial charge in [-0.15, -0.1) is 0 Å². The third kappa shape index (κ3) is 3.80. The first-order chi connectivity index (χ1) is 12.3. The molecule has 0 unspecified atom stereocenters. The van der Waals surface area contributed by atoms with Crippen molar-refractivity contribution >= 4 is 15.9 Å². The lowest BCUT2D eigenvalue weighted by atomic mass is 10.2. The monoisotopic (exact) mass is 380 g/mol. The normalized spacial score (nSPS) is 21.1. The van der Waals surface area contributed by atoms with E-state index in [0.717, 1.165) is 37.1 Å². The first kappa shape index (κ1) is 19.3. The maximum atomic E-state index is 13.0. The van der Waals surface area contributed by atoms with Crippen LogP contribution in [0.2, 0.25) is 0 Å². The standard InChI is InChI=1S/C19H29N3O3S/c1-15-6-7-16(2)18(14-15)26(24,25)22-12-10-20(11-13-22)17(3)19(23)21-8-4-5-9-21/h6-7,14,17H,4-5,8-13H2,1-3H3/p+1/t17-/m0/s1. The lowest BCUT2D eigenvalue weighted by molar-refractivity contribution is -0.918. The Morgan fingerprint density at radius 2 is 1.69 bits per heavy atom. The van der Waals surface area contributed by atoms with Crippen LogP contribution in [0.15, 0.2) is 23.1 Å². The van der Waals surface area contributed by atoms with E-state index >= 15 is 0 Å².